The molecule has 41 heavy (non-hydrogen) atoms. The summed E-state index contributed by atoms with van der Waals surface area (Å²) in [5.74, 6) is -4.03. The van der Waals surface area contributed by atoms with Gasteiger partial charge in [-0.05, 0) is 17.7 Å². The van der Waals surface area contributed by atoms with E-state index in [1.54, 1.807) is 60.7 Å². The van der Waals surface area contributed by atoms with Gasteiger partial charge in [0.2, 0.25) is 8.91 Å². The van der Waals surface area contributed by atoms with Crippen molar-refractivity contribution in [1.29, 1.82) is 0 Å². The maximum Gasteiger partial charge on any atom is 0.508 e. The molecule has 12 nitrogen and oxygen atoms in total. The van der Waals surface area contributed by atoms with Gasteiger partial charge in [-0.15, -0.1) is 0 Å². The number of imide groups is 1. The van der Waals surface area contributed by atoms with E-state index < -0.39 is 70.0 Å². The van der Waals surface area contributed by atoms with Crippen LogP contribution in [0.25, 0.3) is 0 Å². The molecule has 1 saturated heterocycles. The van der Waals surface area contributed by atoms with Crippen molar-refractivity contribution >= 4 is 81.5 Å². The summed E-state index contributed by atoms with van der Waals surface area (Å²) in [4.78, 5) is 75.0. The van der Waals surface area contributed by atoms with E-state index in [0.717, 1.165) is 0 Å². The second-order valence-corrected chi connectivity index (χ2v) is 11.7. The minimum atomic E-state index is -1.91. The van der Waals surface area contributed by atoms with Crippen molar-refractivity contribution in [2.24, 2.45) is 0 Å². The van der Waals surface area contributed by atoms with Crippen LogP contribution >= 0.6 is 46.6 Å². The molecule has 2 aromatic carbocycles. The number of amides is 3. The standard InChI is InChI=1S/C25H21Cl3N2O10S/c26-25(27,28)14-40-24(36)39-13-18(32)41-22-19(29-17(31)12-37-16-9-5-2-6-10-16)20(33)30(22)21(34)23(35)38-11-15-7-3-1-4-8-15/h1-10,19,22H,11-14H2,(H,29,31)/t19-,22-/m1/s1. The number of carbonyl (C=O) groups excluding carboxylic acids is 6. The van der Waals surface area contributed by atoms with E-state index in [2.05, 4.69) is 14.8 Å². The van der Waals surface area contributed by atoms with Gasteiger partial charge >= 0.3 is 18.0 Å². The van der Waals surface area contributed by atoms with Crippen LogP contribution < -0.4 is 10.1 Å². The Kier molecular flexibility index (Phi) is 11.6. The van der Waals surface area contributed by atoms with Crippen LogP contribution in [-0.4, -0.2) is 74.9 Å². The number of halogens is 3. The fourth-order valence-electron chi connectivity index (χ4n) is 3.17. The van der Waals surface area contributed by atoms with Gasteiger partial charge in [0.05, 0.1) is 0 Å². The lowest BCUT2D eigenvalue weighted by Gasteiger charge is -2.43. The summed E-state index contributed by atoms with van der Waals surface area (Å²) in [6, 6.07) is 15.4. The molecule has 1 N–H and O–H groups in total. The van der Waals surface area contributed by atoms with Crippen LogP contribution in [-0.2, 0) is 44.8 Å². The summed E-state index contributed by atoms with van der Waals surface area (Å²) in [6.07, 6.45) is -1.32. The number of carbonyl (C=O) groups is 6. The predicted octanol–water partition coefficient (Wildman–Crippen LogP) is 2.77. The lowest BCUT2D eigenvalue weighted by atomic mass is 10.1. The number of hydrogen-bond acceptors (Lipinski definition) is 11. The zero-order valence-corrected chi connectivity index (χ0v) is 23.9. The lowest BCUT2D eigenvalue weighted by Crippen LogP contribution is -2.72. The average molecular weight is 648 g/mol. The Bertz CT molecular complexity index is 1280. The number of likely N-dealkylation sites (tertiary alicyclic amines) is 1. The number of esters is 1. The molecule has 0 saturated carbocycles. The van der Waals surface area contributed by atoms with Gasteiger partial charge in [-0.1, -0.05) is 95.1 Å². The van der Waals surface area contributed by atoms with Crippen molar-refractivity contribution in [2.75, 3.05) is 19.8 Å². The zero-order chi connectivity index (χ0) is 30.0. The van der Waals surface area contributed by atoms with Crippen LogP contribution in [0.3, 0.4) is 0 Å². The van der Waals surface area contributed by atoms with Gasteiger partial charge in [0.15, 0.2) is 13.2 Å². The molecule has 1 aliphatic rings. The number of para-hydroxylation sites is 1. The van der Waals surface area contributed by atoms with Crippen LogP contribution in [0.2, 0.25) is 0 Å². The molecule has 0 bridgehead atoms. The lowest BCUT2D eigenvalue weighted by molar-refractivity contribution is -0.171. The molecule has 0 spiro atoms. The minimum absolute atomic E-state index is 0.245. The van der Waals surface area contributed by atoms with Gasteiger partial charge in [-0.25, -0.2) is 9.59 Å². The van der Waals surface area contributed by atoms with Gasteiger partial charge in [-0.3, -0.25) is 24.1 Å². The summed E-state index contributed by atoms with van der Waals surface area (Å²) >= 11 is 16.8. The van der Waals surface area contributed by atoms with Gasteiger partial charge in [-0.2, -0.15) is 0 Å². The molecule has 0 unspecified atom stereocenters. The molecule has 218 valence electrons. The number of thioether (sulfide) groups is 1. The number of nitrogens with zero attached hydrogens (tertiary/aromatic N) is 1. The van der Waals surface area contributed by atoms with E-state index in [1.807, 2.05) is 0 Å². The fraction of sp³-hybridized carbons (Fsp3) is 0.280. The number of alkyl halides is 3. The number of benzene rings is 2. The van der Waals surface area contributed by atoms with Crippen LogP contribution in [0.5, 0.6) is 5.75 Å². The predicted molar refractivity (Wildman–Crippen MR) is 146 cm³/mol. The smallest absolute Gasteiger partial charge is 0.484 e. The van der Waals surface area contributed by atoms with Gasteiger partial charge in [0.25, 0.3) is 11.8 Å². The first-order chi connectivity index (χ1) is 19.4. The number of hydrogen-bond donors (Lipinski definition) is 1. The molecule has 2 atom stereocenters. The number of nitrogens with one attached hydrogen (secondary N) is 1. The molecule has 16 heteroatoms. The molecule has 0 aliphatic carbocycles. The van der Waals surface area contributed by atoms with E-state index in [-0.39, 0.29) is 6.61 Å². The Labute approximate surface area is 252 Å². The highest BCUT2D eigenvalue weighted by molar-refractivity contribution is 8.14. The summed E-state index contributed by atoms with van der Waals surface area (Å²) < 4.78 is 17.6. The quantitative estimate of drug-likeness (QED) is 0.175. The maximum atomic E-state index is 12.8. The van der Waals surface area contributed by atoms with E-state index in [1.165, 1.54) is 0 Å². The van der Waals surface area contributed by atoms with Crippen molar-refractivity contribution in [2.45, 2.75) is 21.8 Å². The number of β-lactam (4-membered cyclic amide) rings is 1. The number of ether oxygens (including phenoxy) is 4. The molecular weight excluding hydrogens is 627 g/mol. The normalized spacial score (nSPS) is 16.2. The topological polar surface area (TPSA) is 155 Å². The minimum Gasteiger partial charge on any atom is -0.484 e. The van der Waals surface area contributed by atoms with Crippen molar-refractivity contribution in [3.63, 3.8) is 0 Å². The van der Waals surface area contributed by atoms with Gasteiger partial charge < -0.3 is 24.3 Å². The third-order valence-electron chi connectivity index (χ3n) is 4.99. The monoisotopic (exact) mass is 646 g/mol. The zero-order valence-electron chi connectivity index (χ0n) is 20.8. The highest BCUT2D eigenvalue weighted by Crippen LogP contribution is 2.31. The van der Waals surface area contributed by atoms with E-state index in [0.29, 0.717) is 28.0 Å². The van der Waals surface area contributed by atoms with Crippen LogP contribution in [0.15, 0.2) is 60.7 Å². The highest BCUT2D eigenvalue weighted by Gasteiger charge is 2.54. The molecule has 1 fully saturated rings. The Hall–Kier alpha value is -3.52. The van der Waals surface area contributed by atoms with Crippen LogP contribution in [0.1, 0.15) is 5.56 Å². The molecular formula is C25H21Cl3N2O10S. The molecule has 1 heterocycles. The fourth-order valence-corrected chi connectivity index (χ4v) is 4.35. The van der Waals surface area contributed by atoms with Crippen molar-refractivity contribution in [1.82, 2.24) is 10.2 Å². The van der Waals surface area contributed by atoms with Crippen molar-refractivity contribution in [3.8, 4) is 5.75 Å². The Balaban J connectivity index is 1.62. The molecule has 3 rings (SSSR count). The highest BCUT2D eigenvalue weighted by atomic mass is 35.6. The third-order valence-corrected chi connectivity index (χ3v) is 6.43. The first-order valence-corrected chi connectivity index (χ1v) is 13.6. The van der Waals surface area contributed by atoms with Gasteiger partial charge in [0, 0.05) is 0 Å². The molecule has 0 radical (unpaired) electrons. The van der Waals surface area contributed by atoms with E-state index in [4.69, 9.17) is 44.3 Å². The summed E-state index contributed by atoms with van der Waals surface area (Å²) in [5, 5.41) is 0.141. The first kappa shape index (κ1) is 32.0. The number of rotatable bonds is 10. The maximum absolute atomic E-state index is 12.8. The Morgan fingerprint density at radius 2 is 1.51 bits per heavy atom. The molecule has 1 aliphatic heterocycles. The largest absolute Gasteiger partial charge is 0.508 e. The summed E-state index contributed by atoms with van der Waals surface area (Å²) in [7, 11) is 0. The SMILES string of the molecule is O=C(COc1ccccc1)N[C@@H]1C(=O)N(C(=O)C(=O)OCc2ccccc2)[C@@H]1SC(=O)COC(=O)OCC(Cl)(Cl)Cl. The van der Waals surface area contributed by atoms with E-state index in [9.17, 15) is 28.8 Å². The average Bonchev–Trinajstić information content (AvgIpc) is 2.95. The third kappa shape index (κ3) is 10.1. The van der Waals surface area contributed by atoms with Crippen LogP contribution in [0.4, 0.5) is 4.79 Å². The molecule has 3 amide bonds. The van der Waals surface area contributed by atoms with Crippen molar-refractivity contribution in [3.05, 3.63) is 66.2 Å². The Morgan fingerprint density at radius 3 is 2.15 bits per heavy atom. The second kappa shape index (κ2) is 14.9. The summed E-state index contributed by atoms with van der Waals surface area (Å²) in [5.41, 5.74) is 0.590. The first-order valence-electron chi connectivity index (χ1n) is 11.6. The molecule has 2 aromatic rings. The molecule has 0 aromatic heterocycles. The van der Waals surface area contributed by atoms with Gasteiger partial charge in [0.1, 0.15) is 30.4 Å². The Morgan fingerprint density at radius 1 is 0.878 bits per heavy atom. The van der Waals surface area contributed by atoms with Crippen molar-refractivity contribution < 1.29 is 47.7 Å². The second-order valence-electron chi connectivity index (χ2n) is 8.04. The summed E-state index contributed by atoms with van der Waals surface area (Å²) in [6.45, 7) is -2.25. The van der Waals surface area contributed by atoms with E-state index >= 15 is 0 Å². The van der Waals surface area contributed by atoms with Crippen LogP contribution in [0, 0.1) is 0 Å².